The second kappa shape index (κ2) is 10.5. The number of amides is 1. The summed E-state index contributed by atoms with van der Waals surface area (Å²) < 4.78 is 7.07. The van der Waals surface area contributed by atoms with Crippen LogP contribution >= 0.6 is 23.1 Å². The zero-order chi connectivity index (χ0) is 23.2. The van der Waals surface area contributed by atoms with Crippen molar-refractivity contribution in [2.75, 3.05) is 11.9 Å². The Morgan fingerprint density at radius 3 is 2.45 bits per heavy atom. The molecule has 33 heavy (non-hydrogen) atoms. The van der Waals surface area contributed by atoms with E-state index in [2.05, 4.69) is 15.5 Å². The van der Waals surface area contributed by atoms with Gasteiger partial charge in [0.2, 0.25) is 5.91 Å². The zero-order valence-corrected chi connectivity index (χ0v) is 19.7. The quantitative estimate of drug-likeness (QED) is 0.277. The van der Waals surface area contributed by atoms with Gasteiger partial charge in [0.05, 0.1) is 6.61 Å². The molecule has 1 N–H and O–H groups in total. The molecule has 0 aliphatic rings. The topological polar surface area (TPSA) is 86.1 Å². The van der Waals surface area contributed by atoms with E-state index in [1.165, 1.54) is 23.1 Å². The minimum absolute atomic E-state index is 0.241. The fraction of sp³-hybridized carbons (Fsp3) is 0.167. The van der Waals surface area contributed by atoms with E-state index in [0.29, 0.717) is 15.7 Å². The fourth-order valence-electron chi connectivity index (χ4n) is 3.25. The standard InChI is InChI=1S/C24H22N4O3S2/c1-3-31-23(30)19-18(16-10-6-4-7-11-16)14-32-22(19)26-21(29)20(17-12-8-5-9-13-17)33-24-27-25-15-28(24)2/h4-15,20H,3H2,1-2H3,(H,26,29). The number of carbonyl (C=O) groups is 2. The number of hydrogen-bond acceptors (Lipinski definition) is 7. The molecule has 2 heterocycles. The average molecular weight is 479 g/mol. The third kappa shape index (κ3) is 5.15. The molecule has 0 bridgehead atoms. The molecule has 7 nitrogen and oxygen atoms in total. The van der Waals surface area contributed by atoms with Crippen molar-refractivity contribution in [2.45, 2.75) is 17.3 Å². The molecule has 2 aromatic heterocycles. The molecule has 168 valence electrons. The third-order valence-electron chi connectivity index (χ3n) is 4.83. The van der Waals surface area contributed by atoms with Gasteiger partial charge in [-0.2, -0.15) is 0 Å². The molecule has 1 amide bonds. The maximum atomic E-state index is 13.5. The molecule has 1 unspecified atom stereocenters. The van der Waals surface area contributed by atoms with Crippen molar-refractivity contribution in [3.63, 3.8) is 0 Å². The molecule has 2 aromatic carbocycles. The first-order chi connectivity index (χ1) is 16.1. The van der Waals surface area contributed by atoms with E-state index in [0.717, 1.165) is 16.7 Å². The molecular formula is C24H22N4O3S2. The molecule has 0 aliphatic heterocycles. The summed E-state index contributed by atoms with van der Waals surface area (Å²) in [5, 5.41) is 13.3. The van der Waals surface area contributed by atoms with E-state index < -0.39 is 11.2 Å². The van der Waals surface area contributed by atoms with Crippen LogP contribution in [0.3, 0.4) is 0 Å². The highest BCUT2D eigenvalue weighted by Gasteiger charge is 2.28. The fourth-order valence-corrected chi connectivity index (χ4v) is 5.19. The van der Waals surface area contributed by atoms with Crippen molar-refractivity contribution in [3.8, 4) is 11.1 Å². The number of benzene rings is 2. The summed E-state index contributed by atoms with van der Waals surface area (Å²) in [7, 11) is 1.83. The summed E-state index contributed by atoms with van der Waals surface area (Å²) in [6.45, 7) is 2.00. The lowest BCUT2D eigenvalue weighted by molar-refractivity contribution is -0.115. The Balaban J connectivity index is 1.68. The number of rotatable bonds is 8. The number of hydrogen-bond donors (Lipinski definition) is 1. The van der Waals surface area contributed by atoms with Gasteiger partial charge in [0, 0.05) is 18.0 Å². The molecular weight excluding hydrogens is 456 g/mol. The van der Waals surface area contributed by atoms with Crippen molar-refractivity contribution in [1.29, 1.82) is 0 Å². The summed E-state index contributed by atoms with van der Waals surface area (Å²) in [5.41, 5.74) is 2.79. The molecule has 4 rings (SSSR count). The molecule has 9 heteroatoms. The summed E-state index contributed by atoms with van der Waals surface area (Å²) >= 11 is 2.60. The van der Waals surface area contributed by atoms with Crippen LogP contribution in [-0.2, 0) is 16.6 Å². The van der Waals surface area contributed by atoms with Crippen LogP contribution in [0.4, 0.5) is 5.00 Å². The van der Waals surface area contributed by atoms with E-state index in [-0.39, 0.29) is 12.5 Å². The number of anilines is 1. The van der Waals surface area contributed by atoms with Crippen LogP contribution in [-0.4, -0.2) is 33.2 Å². The second-order valence-corrected chi connectivity index (χ2v) is 9.01. The molecule has 4 aromatic rings. The largest absolute Gasteiger partial charge is 0.462 e. The predicted octanol–water partition coefficient (Wildman–Crippen LogP) is 5.19. The minimum atomic E-state index is -0.591. The van der Waals surface area contributed by atoms with E-state index in [9.17, 15) is 9.59 Å². The van der Waals surface area contributed by atoms with Gasteiger partial charge in [-0.05, 0) is 18.1 Å². The summed E-state index contributed by atoms with van der Waals surface area (Å²) in [4.78, 5) is 26.3. The number of carbonyl (C=O) groups excluding carboxylic acids is 2. The molecule has 0 aliphatic carbocycles. The maximum absolute atomic E-state index is 13.5. The van der Waals surface area contributed by atoms with Crippen LogP contribution < -0.4 is 5.32 Å². The van der Waals surface area contributed by atoms with E-state index in [4.69, 9.17) is 4.74 Å². The first-order valence-electron chi connectivity index (χ1n) is 10.3. The van der Waals surface area contributed by atoms with Crippen LogP contribution in [0, 0.1) is 0 Å². The summed E-state index contributed by atoms with van der Waals surface area (Å²) in [6.07, 6.45) is 1.59. The first-order valence-corrected chi connectivity index (χ1v) is 12.0. The predicted molar refractivity (Wildman–Crippen MR) is 130 cm³/mol. The van der Waals surface area contributed by atoms with E-state index in [1.54, 1.807) is 17.8 Å². The lowest BCUT2D eigenvalue weighted by atomic mass is 10.0. The van der Waals surface area contributed by atoms with Gasteiger partial charge in [-0.1, -0.05) is 72.4 Å². The number of nitrogens with one attached hydrogen (secondary N) is 1. The Morgan fingerprint density at radius 1 is 1.12 bits per heavy atom. The SMILES string of the molecule is CCOC(=O)c1c(-c2ccccc2)csc1NC(=O)C(Sc1nncn1C)c1ccccc1. The first kappa shape index (κ1) is 22.8. The monoisotopic (exact) mass is 478 g/mol. The van der Waals surface area contributed by atoms with Crippen molar-refractivity contribution >= 4 is 40.0 Å². The summed E-state index contributed by atoms with van der Waals surface area (Å²) in [5.74, 6) is -0.730. The number of ether oxygens (including phenoxy) is 1. The lowest BCUT2D eigenvalue weighted by Crippen LogP contribution is -2.20. The van der Waals surface area contributed by atoms with Gasteiger partial charge in [-0.15, -0.1) is 21.5 Å². The Bertz CT molecular complexity index is 1240. The van der Waals surface area contributed by atoms with Crippen LogP contribution in [0.5, 0.6) is 0 Å². The van der Waals surface area contributed by atoms with Crippen molar-refractivity contribution < 1.29 is 14.3 Å². The highest BCUT2D eigenvalue weighted by molar-refractivity contribution is 8.00. The van der Waals surface area contributed by atoms with Crippen molar-refractivity contribution in [1.82, 2.24) is 14.8 Å². The highest BCUT2D eigenvalue weighted by Crippen LogP contribution is 2.39. The Hall–Kier alpha value is -3.43. The molecule has 0 saturated carbocycles. The van der Waals surface area contributed by atoms with Gasteiger partial charge < -0.3 is 14.6 Å². The van der Waals surface area contributed by atoms with Gasteiger partial charge in [-0.3, -0.25) is 4.79 Å². The highest BCUT2D eigenvalue weighted by atomic mass is 32.2. The van der Waals surface area contributed by atoms with Crippen LogP contribution in [0.1, 0.15) is 28.1 Å². The van der Waals surface area contributed by atoms with E-state index in [1.807, 2.05) is 73.1 Å². The number of aryl methyl sites for hydroxylation is 1. The number of aromatic nitrogens is 3. The number of thioether (sulfide) groups is 1. The van der Waals surface area contributed by atoms with Gasteiger partial charge in [0.25, 0.3) is 0 Å². The molecule has 0 fully saturated rings. The molecule has 0 saturated heterocycles. The maximum Gasteiger partial charge on any atom is 0.341 e. The average Bonchev–Trinajstić information content (AvgIpc) is 3.44. The normalized spacial score (nSPS) is 11.7. The van der Waals surface area contributed by atoms with Gasteiger partial charge >= 0.3 is 5.97 Å². The van der Waals surface area contributed by atoms with Crippen LogP contribution in [0.2, 0.25) is 0 Å². The van der Waals surface area contributed by atoms with Gasteiger partial charge in [-0.25, -0.2) is 4.79 Å². The Labute approximate surface area is 199 Å². The van der Waals surface area contributed by atoms with Gasteiger partial charge in [0.1, 0.15) is 22.1 Å². The smallest absolute Gasteiger partial charge is 0.341 e. The Morgan fingerprint density at radius 2 is 1.82 bits per heavy atom. The van der Waals surface area contributed by atoms with E-state index >= 15 is 0 Å². The van der Waals surface area contributed by atoms with Crippen LogP contribution in [0.15, 0.2) is 77.5 Å². The second-order valence-electron chi connectivity index (χ2n) is 7.06. The van der Waals surface area contributed by atoms with Gasteiger partial charge in [0.15, 0.2) is 5.16 Å². The zero-order valence-electron chi connectivity index (χ0n) is 18.1. The van der Waals surface area contributed by atoms with Crippen LogP contribution in [0.25, 0.3) is 11.1 Å². The number of thiophene rings is 1. The summed E-state index contributed by atoms with van der Waals surface area (Å²) in [6, 6.07) is 19.0. The minimum Gasteiger partial charge on any atom is -0.462 e. The number of esters is 1. The number of nitrogens with zero attached hydrogens (tertiary/aromatic N) is 3. The molecule has 0 radical (unpaired) electrons. The third-order valence-corrected chi connectivity index (χ3v) is 7.02. The Kier molecular flexibility index (Phi) is 7.21. The van der Waals surface area contributed by atoms with Crippen molar-refractivity contribution in [2.24, 2.45) is 7.05 Å². The van der Waals surface area contributed by atoms with Crippen molar-refractivity contribution in [3.05, 3.63) is 83.5 Å². The molecule has 1 atom stereocenters. The molecule has 0 spiro atoms. The lowest BCUT2D eigenvalue weighted by Gasteiger charge is -2.16.